The van der Waals surface area contributed by atoms with Crippen molar-refractivity contribution < 1.29 is 24.5 Å². The van der Waals surface area contributed by atoms with Gasteiger partial charge in [-0.05, 0) is 54.1 Å². The van der Waals surface area contributed by atoms with Gasteiger partial charge in [0.1, 0.15) is 18.1 Å². The number of nitrogens with zero attached hydrogens (tertiary/aromatic N) is 1. The lowest BCUT2D eigenvalue weighted by Gasteiger charge is -2.13. The van der Waals surface area contributed by atoms with Gasteiger partial charge in [-0.2, -0.15) is 0 Å². The first-order valence-electron chi connectivity index (χ1n) is 8.48. The van der Waals surface area contributed by atoms with E-state index in [1.165, 1.54) is 26.4 Å². The molecule has 0 aliphatic carbocycles. The van der Waals surface area contributed by atoms with E-state index in [2.05, 4.69) is 15.9 Å². The Hall–Kier alpha value is -1.47. The van der Waals surface area contributed by atoms with Crippen molar-refractivity contribution in [3.63, 3.8) is 0 Å². The van der Waals surface area contributed by atoms with Gasteiger partial charge in [-0.15, -0.1) is 0 Å². The number of hydrogen-bond acceptors (Lipinski definition) is 5. The Balaban J connectivity index is 3.08. The normalized spacial score (nSPS) is 14.5. The molecule has 0 bridgehead atoms. The van der Waals surface area contributed by atoms with E-state index in [-0.39, 0.29) is 17.9 Å². The molecule has 0 spiro atoms. The number of ether oxygens (including phenoxy) is 3. The molecule has 6 nitrogen and oxygen atoms in total. The van der Waals surface area contributed by atoms with Gasteiger partial charge in [-0.1, -0.05) is 0 Å². The molecule has 0 aliphatic heterocycles. The highest BCUT2D eigenvalue weighted by Gasteiger charge is 2.10. The van der Waals surface area contributed by atoms with Crippen LogP contribution in [-0.4, -0.2) is 59.0 Å². The summed E-state index contributed by atoms with van der Waals surface area (Å²) in [5.74, 6) is 0.406. The van der Waals surface area contributed by atoms with Crippen molar-refractivity contribution in [2.24, 2.45) is 0 Å². The molecular formula is C15H23BrN2O4. The number of benzene rings is 1. The molecule has 0 saturated carbocycles. The van der Waals surface area contributed by atoms with Crippen LogP contribution in [0, 0.1) is 0 Å². The summed E-state index contributed by atoms with van der Waals surface area (Å²) >= 11 is 3.26. The average Bonchev–Trinajstić information content (AvgIpc) is 2.53. The van der Waals surface area contributed by atoms with E-state index in [1.54, 1.807) is 19.0 Å². The predicted octanol–water partition coefficient (Wildman–Crippen LogP) is 2.30. The molecule has 1 rings (SSSR count). The lowest BCUT2D eigenvalue weighted by molar-refractivity contribution is 0.137. The van der Waals surface area contributed by atoms with Crippen LogP contribution in [0.5, 0.6) is 11.5 Å². The number of rotatable bonds is 8. The van der Waals surface area contributed by atoms with Gasteiger partial charge in [0.25, 0.3) is 0 Å². The summed E-state index contributed by atoms with van der Waals surface area (Å²) in [7, 11) is 6.34. The summed E-state index contributed by atoms with van der Waals surface area (Å²) in [5, 5.41) is 1.94. The molecule has 1 N–H and O–H groups in total. The van der Waals surface area contributed by atoms with Gasteiger partial charge in [0.2, 0.25) is 0 Å². The number of aryl methyl sites for hydroxylation is 1. The SMILES string of the molecule is [2H]C([2H])(NC(=O)OCCN(C)C)C([2H])([2H])c1cc(OC)c(Br)cc1OC. The maximum absolute atomic E-state index is 11.8. The highest BCUT2D eigenvalue weighted by atomic mass is 79.9. The Morgan fingerprint density at radius 2 is 2.00 bits per heavy atom. The zero-order valence-electron chi connectivity index (χ0n) is 17.0. The van der Waals surface area contributed by atoms with Crippen LogP contribution < -0.4 is 14.8 Å². The number of carbonyl (C=O) groups excluding carboxylic acids is 1. The molecule has 0 fully saturated rings. The predicted molar refractivity (Wildman–Crippen MR) is 88.9 cm³/mol. The number of nitrogens with one attached hydrogen (secondary N) is 1. The van der Waals surface area contributed by atoms with E-state index >= 15 is 0 Å². The summed E-state index contributed by atoms with van der Waals surface area (Å²) in [6.45, 7) is -2.26. The van der Waals surface area contributed by atoms with Gasteiger partial charge in [-0.3, -0.25) is 0 Å². The fourth-order valence-corrected chi connectivity index (χ4v) is 1.95. The van der Waals surface area contributed by atoms with Crippen LogP contribution in [0.15, 0.2) is 16.6 Å². The molecule has 0 aromatic heterocycles. The third-order valence-electron chi connectivity index (χ3n) is 2.61. The molecule has 0 atom stereocenters. The van der Waals surface area contributed by atoms with Gasteiger partial charge in [0.15, 0.2) is 0 Å². The molecule has 22 heavy (non-hydrogen) atoms. The second kappa shape index (κ2) is 9.53. The fraction of sp³-hybridized carbons (Fsp3) is 0.533. The molecule has 0 heterocycles. The van der Waals surface area contributed by atoms with Crippen LogP contribution in [0.25, 0.3) is 0 Å². The number of alkyl carbamates (subject to hydrolysis) is 1. The number of halogens is 1. The summed E-state index contributed by atoms with van der Waals surface area (Å²) in [6, 6.07) is 2.79. The minimum absolute atomic E-state index is 0.0489. The topological polar surface area (TPSA) is 60.0 Å². The van der Waals surface area contributed by atoms with Gasteiger partial charge in [-0.25, -0.2) is 4.79 Å². The standard InChI is InChI=1S/C15H23BrN2O4/c1-18(2)7-8-22-15(19)17-6-5-11-9-14(21-4)12(16)10-13(11)20-3/h9-10H,5-8H2,1-4H3,(H,17,19)/i5D2,6D2. The van der Waals surface area contributed by atoms with Crippen molar-refractivity contribution >= 4 is 22.0 Å². The van der Waals surface area contributed by atoms with E-state index in [4.69, 9.17) is 19.7 Å². The van der Waals surface area contributed by atoms with Crippen molar-refractivity contribution in [3.05, 3.63) is 22.2 Å². The number of carbonyl (C=O) groups is 1. The van der Waals surface area contributed by atoms with E-state index in [9.17, 15) is 4.79 Å². The maximum Gasteiger partial charge on any atom is 0.407 e. The molecule has 0 unspecified atom stereocenters. The van der Waals surface area contributed by atoms with Gasteiger partial charge in [0, 0.05) is 18.5 Å². The first-order valence-corrected chi connectivity index (χ1v) is 7.27. The van der Waals surface area contributed by atoms with E-state index in [0.717, 1.165) is 0 Å². The van der Waals surface area contributed by atoms with Crippen LogP contribution in [0.2, 0.25) is 0 Å². The third kappa shape index (κ3) is 6.11. The third-order valence-corrected chi connectivity index (χ3v) is 3.23. The molecule has 1 aromatic rings. The van der Waals surface area contributed by atoms with E-state index < -0.39 is 19.0 Å². The van der Waals surface area contributed by atoms with Gasteiger partial charge < -0.3 is 24.4 Å². The molecule has 0 radical (unpaired) electrons. The smallest absolute Gasteiger partial charge is 0.407 e. The number of amides is 1. The lowest BCUT2D eigenvalue weighted by atomic mass is 10.1. The Kier molecular flexibility index (Phi) is 5.64. The zero-order chi connectivity index (χ0) is 20.1. The summed E-state index contributed by atoms with van der Waals surface area (Å²) in [4.78, 5) is 13.6. The Morgan fingerprint density at radius 3 is 2.59 bits per heavy atom. The van der Waals surface area contributed by atoms with Gasteiger partial charge >= 0.3 is 6.09 Å². The Labute approximate surface area is 145 Å². The lowest BCUT2D eigenvalue weighted by Crippen LogP contribution is -2.29. The second-order valence-electron chi connectivity index (χ2n) is 4.50. The van der Waals surface area contributed by atoms with Crippen molar-refractivity contribution in [2.75, 3.05) is 48.0 Å². The van der Waals surface area contributed by atoms with E-state index in [0.29, 0.717) is 16.8 Å². The monoisotopic (exact) mass is 378 g/mol. The number of methoxy groups -OCH3 is 2. The molecule has 7 heteroatoms. The zero-order valence-corrected chi connectivity index (χ0v) is 14.6. The molecular weight excluding hydrogens is 352 g/mol. The first-order chi connectivity index (χ1) is 12.0. The molecule has 0 saturated heterocycles. The summed E-state index contributed by atoms with van der Waals surface area (Å²) < 4.78 is 48.3. The van der Waals surface area contributed by atoms with Crippen molar-refractivity contribution in [3.8, 4) is 11.5 Å². The van der Waals surface area contributed by atoms with Crippen molar-refractivity contribution in [1.82, 2.24) is 10.2 Å². The summed E-state index contributed by atoms with van der Waals surface area (Å²) in [6.07, 6.45) is -3.68. The van der Waals surface area contributed by atoms with E-state index in [1.807, 2.05) is 5.32 Å². The Bertz CT molecular complexity index is 644. The van der Waals surface area contributed by atoms with Crippen molar-refractivity contribution in [1.29, 1.82) is 0 Å². The van der Waals surface area contributed by atoms with Crippen LogP contribution in [0.1, 0.15) is 11.0 Å². The van der Waals surface area contributed by atoms with Crippen LogP contribution in [-0.2, 0) is 11.1 Å². The fourth-order valence-electron chi connectivity index (χ4n) is 1.46. The highest BCUT2D eigenvalue weighted by Crippen LogP contribution is 2.32. The number of likely N-dealkylation sites (N-methyl/N-ethyl adjacent to an activating group) is 1. The quantitative estimate of drug-likeness (QED) is 0.751. The first kappa shape index (κ1) is 13.0. The molecule has 124 valence electrons. The Morgan fingerprint density at radius 1 is 1.32 bits per heavy atom. The second-order valence-corrected chi connectivity index (χ2v) is 5.36. The molecule has 1 amide bonds. The minimum atomic E-state index is -2.77. The molecule has 0 aliphatic rings. The van der Waals surface area contributed by atoms with Crippen LogP contribution >= 0.6 is 15.9 Å². The van der Waals surface area contributed by atoms with Crippen LogP contribution in [0.4, 0.5) is 4.79 Å². The minimum Gasteiger partial charge on any atom is -0.496 e. The van der Waals surface area contributed by atoms with Gasteiger partial charge in [0.05, 0.1) is 18.7 Å². The summed E-state index contributed by atoms with van der Waals surface area (Å²) in [5.41, 5.74) is -0.112. The highest BCUT2D eigenvalue weighted by molar-refractivity contribution is 9.10. The largest absolute Gasteiger partial charge is 0.496 e. The van der Waals surface area contributed by atoms with Crippen molar-refractivity contribution in [2.45, 2.75) is 6.37 Å². The molecule has 1 aromatic carbocycles. The maximum atomic E-state index is 11.8. The number of hydrogen-bond donors (Lipinski definition) is 1. The average molecular weight is 379 g/mol. The van der Waals surface area contributed by atoms with Crippen LogP contribution in [0.3, 0.4) is 0 Å².